The van der Waals surface area contributed by atoms with E-state index in [1.54, 1.807) is 13.3 Å². The summed E-state index contributed by atoms with van der Waals surface area (Å²) in [6.07, 6.45) is 6.91. The Bertz CT molecular complexity index is 420. The molecular weight excluding hydrogens is 238 g/mol. The molecule has 1 aromatic heterocycles. The first-order valence-electron chi connectivity index (χ1n) is 7.08. The van der Waals surface area contributed by atoms with Gasteiger partial charge in [-0.15, -0.1) is 0 Å². The monoisotopic (exact) mass is 263 g/mol. The van der Waals surface area contributed by atoms with Crippen LogP contribution in [-0.4, -0.2) is 32.2 Å². The van der Waals surface area contributed by atoms with Crippen molar-refractivity contribution < 1.29 is 4.74 Å². The fourth-order valence-corrected chi connectivity index (χ4v) is 2.87. The van der Waals surface area contributed by atoms with Gasteiger partial charge >= 0.3 is 0 Å². The Hall–Kier alpha value is -1.45. The number of hydrogen-bond donors (Lipinski definition) is 1. The Kier molecular flexibility index (Phi) is 4.51. The molecule has 2 unspecified atom stereocenters. The molecule has 0 saturated heterocycles. The van der Waals surface area contributed by atoms with Gasteiger partial charge in [-0.25, -0.2) is 4.98 Å². The van der Waals surface area contributed by atoms with Crippen molar-refractivity contribution in [3.63, 3.8) is 0 Å². The molecule has 0 spiro atoms. The number of nitrogens with zero attached hydrogens (tertiary/aromatic N) is 2. The molecular formula is C15H25N3O. The average molecular weight is 263 g/mol. The molecule has 0 aliphatic heterocycles. The van der Waals surface area contributed by atoms with Crippen molar-refractivity contribution in [2.45, 2.75) is 38.6 Å². The van der Waals surface area contributed by atoms with Gasteiger partial charge in [-0.1, -0.05) is 19.8 Å². The van der Waals surface area contributed by atoms with Crippen molar-refractivity contribution in [2.24, 2.45) is 5.92 Å². The van der Waals surface area contributed by atoms with Crippen molar-refractivity contribution >= 4 is 11.4 Å². The van der Waals surface area contributed by atoms with Gasteiger partial charge in [0.1, 0.15) is 5.69 Å². The topological polar surface area (TPSA) is 37.4 Å². The number of pyridine rings is 1. The van der Waals surface area contributed by atoms with Crippen LogP contribution in [0.15, 0.2) is 12.3 Å². The van der Waals surface area contributed by atoms with Gasteiger partial charge in [0.25, 0.3) is 0 Å². The normalized spacial score (nSPS) is 22.9. The molecule has 1 fully saturated rings. The highest BCUT2D eigenvalue weighted by atomic mass is 16.5. The summed E-state index contributed by atoms with van der Waals surface area (Å²) >= 11 is 0. The van der Waals surface area contributed by atoms with Gasteiger partial charge in [0, 0.05) is 26.3 Å². The summed E-state index contributed by atoms with van der Waals surface area (Å²) in [5.41, 5.74) is 2.15. The second-order valence-electron chi connectivity index (χ2n) is 5.72. The standard InChI is InChI=1S/C15H25N3O/c1-11-6-5-7-12(10-11)17-14-13(18(2)3)8-9-16-15(14)19-4/h8-9,11-12,17H,5-7,10H2,1-4H3. The van der Waals surface area contributed by atoms with Gasteiger partial charge in [0.05, 0.1) is 12.8 Å². The molecule has 0 aromatic carbocycles. The first-order chi connectivity index (χ1) is 9.11. The van der Waals surface area contributed by atoms with Crippen molar-refractivity contribution in [3.8, 4) is 5.88 Å². The van der Waals surface area contributed by atoms with Crippen LogP contribution in [0, 0.1) is 5.92 Å². The molecule has 1 aromatic rings. The van der Waals surface area contributed by atoms with Crippen LogP contribution >= 0.6 is 0 Å². The van der Waals surface area contributed by atoms with E-state index in [0.29, 0.717) is 11.9 Å². The zero-order valence-electron chi connectivity index (χ0n) is 12.4. The molecule has 1 aliphatic carbocycles. The van der Waals surface area contributed by atoms with E-state index < -0.39 is 0 Å². The minimum atomic E-state index is 0.528. The first kappa shape index (κ1) is 14.0. The number of anilines is 2. The van der Waals surface area contributed by atoms with Crippen LogP contribution in [0.3, 0.4) is 0 Å². The quantitative estimate of drug-likeness (QED) is 0.905. The predicted molar refractivity (Wildman–Crippen MR) is 80.2 cm³/mol. The van der Waals surface area contributed by atoms with Gasteiger partial charge in [-0.2, -0.15) is 0 Å². The largest absolute Gasteiger partial charge is 0.479 e. The van der Waals surface area contributed by atoms with Gasteiger partial charge in [0.15, 0.2) is 0 Å². The lowest BCUT2D eigenvalue weighted by atomic mass is 9.87. The molecule has 2 rings (SSSR count). The smallest absolute Gasteiger partial charge is 0.239 e. The second kappa shape index (κ2) is 6.13. The minimum Gasteiger partial charge on any atom is -0.479 e. The average Bonchev–Trinajstić information content (AvgIpc) is 2.38. The number of nitrogens with one attached hydrogen (secondary N) is 1. The van der Waals surface area contributed by atoms with Crippen LogP contribution in [0.2, 0.25) is 0 Å². The van der Waals surface area contributed by atoms with Gasteiger partial charge in [-0.05, 0) is 24.8 Å². The van der Waals surface area contributed by atoms with Crippen LogP contribution in [0.25, 0.3) is 0 Å². The van der Waals surface area contributed by atoms with Crippen LogP contribution in [0.4, 0.5) is 11.4 Å². The number of methoxy groups -OCH3 is 1. The number of rotatable bonds is 4. The molecule has 0 radical (unpaired) electrons. The third-order valence-corrected chi connectivity index (χ3v) is 3.85. The molecule has 0 bridgehead atoms. The Morgan fingerprint density at radius 1 is 1.37 bits per heavy atom. The summed E-state index contributed by atoms with van der Waals surface area (Å²) < 4.78 is 5.40. The summed E-state index contributed by atoms with van der Waals surface area (Å²) in [4.78, 5) is 6.41. The van der Waals surface area contributed by atoms with E-state index in [-0.39, 0.29) is 0 Å². The zero-order chi connectivity index (χ0) is 13.8. The molecule has 1 aliphatic rings. The van der Waals surface area contributed by atoms with E-state index in [9.17, 15) is 0 Å². The minimum absolute atomic E-state index is 0.528. The number of ether oxygens (including phenoxy) is 1. The van der Waals surface area contributed by atoms with Gasteiger partial charge in [0.2, 0.25) is 5.88 Å². The van der Waals surface area contributed by atoms with Crippen molar-refractivity contribution in [1.82, 2.24) is 4.98 Å². The van der Waals surface area contributed by atoms with Gasteiger partial charge in [-0.3, -0.25) is 0 Å². The molecule has 1 heterocycles. The second-order valence-corrected chi connectivity index (χ2v) is 5.72. The lowest BCUT2D eigenvalue weighted by molar-refractivity contribution is 0.356. The Balaban J connectivity index is 2.22. The molecule has 4 nitrogen and oxygen atoms in total. The summed E-state index contributed by atoms with van der Waals surface area (Å²) in [6, 6.07) is 2.55. The third-order valence-electron chi connectivity index (χ3n) is 3.85. The molecule has 0 amide bonds. The van der Waals surface area contributed by atoms with E-state index in [2.05, 4.69) is 22.1 Å². The van der Waals surface area contributed by atoms with E-state index in [1.165, 1.54) is 25.7 Å². The summed E-state index contributed by atoms with van der Waals surface area (Å²) in [5, 5.41) is 3.65. The fourth-order valence-electron chi connectivity index (χ4n) is 2.87. The van der Waals surface area contributed by atoms with Crippen molar-refractivity contribution in [2.75, 3.05) is 31.4 Å². The Morgan fingerprint density at radius 3 is 2.79 bits per heavy atom. The van der Waals surface area contributed by atoms with E-state index >= 15 is 0 Å². The molecule has 2 atom stereocenters. The molecule has 106 valence electrons. The summed E-state index contributed by atoms with van der Waals surface area (Å²) in [6.45, 7) is 2.33. The van der Waals surface area contributed by atoms with Crippen LogP contribution in [-0.2, 0) is 0 Å². The summed E-state index contributed by atoms with van der Waals surface area (Å²) in [5.74, 6) is 1.49. The van der Waals surface area contributed by atoms with Crippen LogP contribution in [0.5, 0.6) is 5.88 Å². The molecule has 1 N–H and O–H groups in total. The van der Waals surface area contributed by atoms with E-state index in [4.69, 9.17) is 4.74 Å². The number of hydrogen-bond acceptors (Lipinski definition) is 4. The summed E-state index contributed by atoms with van der Waals surface area (Å²) in [7, 11) is 5.77. The fraction of sp³-hybridized carbons (Fsp3) is 0.667. The Labute approximate surface area is 116 Å². The van der Waals surface area contributed by atoms with Crippen LogP contribution in [0.1, 0.15) is 32.6 Å². The molecule has 19 heavy (non-hydrogen) atoms. The first-order valence-corrected chi connectivity index (χ1v) is 7.08. The van der Waals surface area contributed by atoms with Crippen molar-refractivity contribution in [1.29, 1.82) is 0 Å². The number of aromatic nitrogens is 1. The van der Waals surface area contributed by atoms with E-state index in [0.717, 1.165) is 17.3 Å². The molecule has 1 saturated carbocycles. The highest BCUT2D eigenvalue weighted by Gasteiger charge is 2.21. The van der Waals surface area contributed by atoms with E-state index in [1.807, 2.05) is 20.2 Å². The zero-order valence-corrected chi connectivity index (χ0v) is 12.4. The maximum absolute atomic E-state index is 5.40. The lowest BCUT2D eigenvalue weighted by Gasteiger charge is -2.30. The predicted octanol–water partition coefficient (Wildman–Crippen LogP) is 3.15. The highest BCUT2D eigenvalue weighted by molar-refractivity contribution is 5.74. The van der Waals surface area contributed by atoms with Gasteiger partial charge < -0.3 is 15.0 Å². The maximum Gasteiger partial charge on any atom is 0.239 e. The highest BCUT2D eigenvalue weighted by Crippen LogP contribution is 2.35. The molecule has 4 heteroatoms. The Morgan fingerprint density at radius 2 is 2.16 bits per heavy atom. The van der Waals surface area contributed by atoms with Crippen LogP contribution < -0.4 is 15.0 Å². The SMILES string of the molecule is COc1nccc(N(C)C)c1NC1CCCC(C)C1. The maximum atomic E-state index is 5.40. The third kappa shape index (κ3) is 3.31. The van der Waals surface area contributed by atoms with Crippen molar-refractivity contribution in [3.05, 3.63) is 12.3 Å². The lowest BCUT2D eigenvalue weighted by Crippen LogP contribution is -2.27.